The molecule has 0 saturated heterocycles. The van der Waals surface area contributed by atoms with Gasteiger partial charge in [0.05, 0.1) is 13.0 Å². The molecule has 1 rings (SSSR count). The molecule has 1 aromatic carbocycles. The summed E-state index contributed by atoms with van der Waals surface area (Å²) < 4.78 is 4.79. The molecule has 0 aromatic heterocycles. The Labute approximate surface area is 155 Å². The topological polar surface area (TPSA) is 84.5 Å². The van der Waals surface area contributed by atoms with Crippen LogP contribution in [0.5, 0.6) is 0 Å². The zero-order valence-corrected chi connectivity index (χ0v) is 16.1. The molecule has 26 heavy (non-hydrogen) atoms. The molecule has 0 fully saturated rings. The number of ether oxygens (including phenoxy) is 1. The van der Waals surface area contributed by atoms with Crippen LogP contribution >= 0.6 is 0 Å². The van der Waals surface area contributed by atoms with Gasteiger partial charge in [-0.25, -0.2) is 0 Å². The molecule has 0 aliphatic carbocycles. The van der Waals surface area contributed by atoms with Gasteiger partial charge in [-0.2, -0.15) is 0 Å². The van der Waals surface area contributed by atoms with Gasteiger partial charge in [-0.15, -0.1) is 0 Å². The molecule has 0 aliphatic rings. The molecule has 0 radical (unpaired) electrons. The first-order chi connectivity index (χ1) is 12.4. The maximum Gasteiger partial charge on any atom is 0.309 e. The maximum atomic E-state index is 12.4. The van der Waals surface area contributed by atoms with Crippen LogP contribution < -0.4 is 10.6 Å². The van der Waals surface area contributed by atoms with Crippen molar-refractivity contribution in [3.05, 3.63) is 35.9 Å². The van der Waals surface area contributed by atoms with Crippen molar-refractivity contribution in [2.75, 3.05) is 14.2 Å². The monoisotopic (exact) mass is 362 g/mol. The van der Waals surface area contributed by atoms with E-state index in [0.29, 0.717) is 19.3 Å². The molecule has 6 nitrogen and oxygen atoms in total. The van der Waals surface area contributed by atoms with Crippen LogP contribution in [0.1, 0.15) is 38.7 Å². The van der Waals surface area contributed by atoms with E-state index in [4.69, 9.17) is 4.74 Å². The third kappa shape index (κ3) is 7.68. The average molecular weight is 362 g/mol. The molecule has 2 unspecified atom stereocenters. The van der Waals surface area contributed by atoms with E-state index in [-0.39, 0.29) is 24.2 Å². The van der Waals surface area contributed by atoms with Crippen molar-refractivity contribution >= 4 is 17.8 Å². The molecule has 0 aliphatic heterocycles. The third-order valence-electron chi connectivity index (χ3n) is 4.18. The number of benzene rings is 1. The van der Waals surface area contributed by atoms with Gasteiger partial charge >= 0.3 is 5.97 Å². The van der Waals surface area contributed by atoms with Crippen LogP contribution in [-0.2, 0) is 25.5 Å². The number of carbonyl (C=O) groups is 3. The Bertz CT molecular complexity index is 587. The molecule has 0 saturated carbocycles. The van der Waals surface area contributed by atoms with Crippen LogP contribution in [0.15, 0.2) is 30.3 Å². The molecule has 2 N–H and O–H groups in total. The van der Waals surface area contributed by atoms with Gasteiger partial charge in [-0.1, -0.05) is 44.2 Å². The van der Waals surface area contributed by atoms with E-state index < -0.39 is 17.9 Å². The first-order valence-corrected chi connectivity index (χ1v) is 9.00. The lowest BCUT2D eigenvalue weighted by atomic mass is 9.93. The van der Waals surface area contributed by atoms with E-state index >= 15 is 0 Å². The fourth-order valence-corrected chi connectivity index (χ4v) is 2.87. The number of aryl methyl sites for hydroxylation is 1. The Balaban J connectivity index is 2.68. The highest BCUT2D eigenvalue weighted by Crippen LogP contribution is 2.17. The number of amides is 2. The normalized spacial score (nSPS) is 13.0. The summed E-state index contributed by atoms with van der Waals surface area (Å²) in [7, 11) is 2.86. The van der Waals surface area contributed by atoms with Gasteiger partial charge in [0, 0.05) is 13.5 Å². The van der Waals surface area contributed by atoms with Crippen LogP contribution in [0, 0.1) is 11.8 Å². The van der Waals surface area contributed by atoms with Crippen molar-refractivity contribution in [2.24, 2.45) is 11.8 Å². The quantitative estimate of drug-likeness (QED) is 0.624. The summed E-state index contributed by atoms with van der Waals surface area (Å²) >= 11 is 0. The van der Waals surface area contributed by atoms with Crippen LogP contribution in [0.3, 0.4) is 0 Å². The minimum Gasteiger partial charge on any atom is -0.469 e. The predicted octanol–water partition coefficient (Wildman–Crippen LogP) is 2.08. The minimum absolute atomic E-state index is 0.0175. The van der Waals surface area contributed by atoms with Crippen LogP contribution in [0.2, 0.25) is 0 Å². The molecule has 6 heteroatoms. The van der Waals surface area contributed by atoms with Crippen LogP contribution in [0.25, 0.3) is 0 Å². The molecule has 1 aromatic rings. The Morgan fingerprint density at radius 2 is 1.77 bits per heavy atom. The zero-order valence-electron chi connectivity index (χ0n) is 16.1. The molecule has 0 heterocycles. The number of likely N-dealkylation sites (N-methyl/N-ethyl adjacent to an activating group) is 1. The number of rotatable bonds is 10. The predicted molar refractivity (Wildman–Crippen MR) is 100 cm³/mol. The molecular weight excluding hydrogens is 332 g/mol. The molecule has 144 valence electrons. The molecular formula is C20H30N2O4. The van der Waals surface area contributed by atoms with Gasteiger partial charge in [0.2, 0.25) is 11.8 Å². The number of hydrogen-bond donors (Lipinski definition) is 2. The van der Waals surface area contributed by atoms with E-state index in [1.54, 1.807) is 7.05 Å². The number of esters is 1. The summed E-state index contributed by atoms with van der Waals surface area (Å²) in [5, 5.41) is 5.34. The largest absolute Gasteiger partial charge is 0.469 e. The van der Waals surface area contributed by atoms with Crippen molar-refractivity contribution in [3.8, 4) is 0 Å². The van der Waals surface area contributed by atoms with Gasteiger partial charge in [-0.05, 0) is 30.7 Å². The summed E-state index contributed by atoms with van der Waals surface area (Å²) in [5.41, 5.74) is 1.10. The fraction of sp³-hybridized carbons (Fsp3) is 0.550. The molecule has 0 spiro atoms. The van der Waals surface area contributed by atoms with Gasteiger partial charge in [-0.3, -0.25) is 14.4 Å². The number of hydrogen-bond acceptors (Lipinski definition) is 4. The molecule has 2 atom stereocenters. The number of carbonyl (C=O) groups excluding carboxylic acids is 3. The average Bonchev–Trinajstić information content (AvgIpc) is 2.63. The first-order valence-electron chi connectivity index (χ1n) is 9.00. The van der Waals surface area contributed by atoms with Crippen molar-refractivity contribution in [3.63, 3.8) is 0 Å². The lowest BCUT2D eigenvalue weighted by Gasteiger charge is -2.20. The van der Waals surface area contributed by atoms with E-state index in [0.717, 1.165) is 5.56 Å². The standard InChI is InChI=1S/C20H30N2O4/c1-14(2)12-16(20(25)26-4)13-18(23)22-17(19(24)21-3)11-10-15-8-6-5-7-9-15/h5-9,14,16-17H,10-13H2,1-4H3,(H,21,24)(H,22,23). The zero-order chi connectivity index (χ0) is 19.5. The Hall–Kier alpha value is -2.37. The number of nitrogens with one attached hydrogen (secondary N) is 2. The van der Waals surface area contributed by atoms with Crippen LogP contribution in [-0.4, -0.2) is 38.0 Å². The summed E-state index contributed by atoms with van der Waals surface area (Å²) in [4.78, 5) is 36.4. The summed E-state index contributed by atoms with van der Waals surface area (Å²) in [6, 6.07) is 9.15. The van der Waals surface area contributed by atoms with Crippen molar-refractivity contribution in [1.82, 2.24) is 10.6 Å². The smallest absolute Gasteiger partial charge is 0.309 e. The van der Waals surface area contributed by atoms with Gasteiger partial charge in [0.1, 0.15) is 6.04 Å². The third-order valence-corrected chi connectivity index (χ3v) is 4.18. The summed E-state index contributed by atoms with van der Waals surface area (Å²) in [5.74, 6) is -1.19. The summed E-state index contributed by atoms with van der Waals surface area (Å²) in [6.07, 6.45) is 1.74. The van der Waals surface area contributed by atoms with E-state index in [2.05, 4.69) is 10.6 Å². The second kappa shape index (κ2) is 11.3. The highest BCUT2D eigenvalue weighted by molar-refractivity contribution is 5.89. The van der Waals surface area contributed by atoms with Crippen molar-refractivity contribution in [1.29, 1.82) is 0 Å². The summed E-state index contributed by atoms with van der Waals surface area (Å²) in [6.45, 7) is 3.97. The lowest BCUT2D eigenvalue weighted by Crippen LogP contribution is -2.46. The fourth-order valence-electron chi connectivity index (χ4n) is 2.87. The Kier molecular flexibility index (Phi) is 9.41. The van der Waals surface area contributed by atoms with Gasteiger partial charge < -0.3 is 15.4 Å². The van der Waals surface area contributed by atoms with E-state index in [1.807, 2.05) is 44.2 Å². The highest BCUT2D eigenvalue weighted by atomic mass is 16.5. The van der Waals surface area contributed by atoms with E-state index in [1.165, 1.54) is 7.11 Å². The van der Waals surface area contributed by atoms with Crippen LogP contribution in [0.4, 0.5) is 0 Å². The van der Waals surface area contributed by atoms with E-state index in [9.17, 15) is 14.4 Å². The first kappa shape index (κ1) is 21.7. The highest BCUT2D eigenvalue weighted by Gasteiger charge is 2.26. The molecule has 2 amide bonds. The minimum atomic E-state index is -0.634. The SMILES string of the molecule is CNC(=O)C(CCc1ccccc1)NC(=O)CC(CC(C)C)C(=O)OC. The maximum absolute atomic E-state index is 12.4. The molecule has 0 bridgehead atoms. The second-order valence-corrected chi connectivity index (χ2v) is 6.81. The Morgan fingerprint density at radius 1 is 1.12 bits per heavy atom. The van der Waals surface area contributed by atoms with Gasteiger partial charge in [0.25, 0.3) is 0 Å². The van der Waals surface area contributed by atoms with Crippen molar-refractivity contribution < 1.29 is 19.1 Å². The Morgan fingerprint density at radius 3 is 2.31 bits per heavy atom. The van der Waals surface area contributed by atoms with Gasteiger partial charge in [0.15, 0.2) is 0 Å². The van der Waals surface area contributed by atoms with Crippen molar-refractivity contribution in [2.45, 2.75) is 45.6 Å². The number of methoxy groups -OCH3 is 1. The lowest BCUT2D eigenvalue weighted by molar-refractivity contribution is -0.148. The second-order valence-electron chi connectivity index (χ2n) is 6.81.